The molecule has 5 rings (SSSR count). The van der Waals surface area contributed by atoms with Crippen molar-refractivity contribution in [2.75, 3.05) is 5.32 Å². The van der Waals surface area contributed by atoms with Gasteiger partial charge >= 0.3 is 0 Å². The molecule has 0 atom stereocenters. The average molecular weight is 501 g/mol. The lowest BCUT2D eigenvalue weighted by molar-refractivity contribution is 0.102. The van der Waals surface area contributed by atoms with E-state index in [1.807, 2.05) is 18.2 Å². The fourth-order valence-corrected chi connectivity index (χ4v) is 4.41. The van der Waals surface area contributed by atoms with Gasteiger partial charge in [0.1, 0.15) is 17.2 Å². The smallest absolute Gasteiger partial charge is 0.264 e. The van der Waals surface area contributed by atoms with Crippen LogP contribution in [0.4, 0.5) is 14.5 Å². The summed E-state index contributed by atoms with van der Waals surface area (Å²) in [6, 6.07) is 25.4. The van der Waals surface area contributed by atoms with E-state index < -0.39 is 23.1 Å². The fraction of sp³-hybridized carbons (Fsp3) is 0.0345. The van der Waals surface area contributed by atoms with Crippen LogP contribution in [-0.2, 0) is 6.54 Å². The van der Waals surface area contributed by atoms with E-state index in [4.69, 9.17) is 11.6 Å². The Kier molecular flexibility index (Phi) is 6.36. The number of fused-ring (bicyclic) bond motifs is 1. The number of carbonyl (C=O) groups is 1. The second-order valence-electron chi connectivity index (χ2n) is 8.26. The van der Waals surface area contributed by atoms with Crippen LogP contribution in [0.2, 0.25) is 5.02 Å². The van der Waals surface area contributed by atoms with E-state index in [9.17, 15) is 18.4 Å². The number of hydrogen-bond acceptors (Lipinski definition) is 2. The van der Waals surface area contributed by atoms with Gasteiger partial charge in [-0.1, -0.05) is 60.1 Å². The largest absolute Gasteiger partial charge is 0.322 e. The Morgan fingerprint density at radius 2 is 1.58 bits per heavy atom. The summed E-state index contributed by atoms with van der Waals surface area (Å²) in [5.74, 6) is -1.59. The number of amides is 1. The average Bonchev–Trinajstić information content (AvgIpc) is 2.87. The van der Waals surface area contributed by atoms with E-state index in [0.717, 1.165) is 0 Å². The molecule has 178 valence electrons. The molecule has 0 aliphatic carbocycles. The Bertz CT molecular complexity index is 1650. The van der Waals surface area contributed by atoms with Crippen molar-refractivity contribution in [1.29, 1.82) is 0 Å². The van der Waals surface area contributed by atoms with Crippen LogP contribution in [0.15, 0.2) is 102 Å². The van der Waals surface area contributed by atoms with Crippen LogP contribution in [-0.4, -0.2) is 10.5 Å². The number of halogens is 3. The van der Waals surface area contributed by atoms with Gasteiger partial charge < -0.3 is 9.88 Å². The number of carbonyl (C=O) groups excluding carboxylic acids is 1. The molecular formula is C29H19ClF2N2O2. The quantitative estimate of drug-likeness (QED) is 0.285. The van der Waals surface area contributed by atoms with Gasteiger partial charge in [0.15, 0.2) is 0 Å². The first-order chi connectivity index (χ1) is 17.4. The van der Waals surface area contributed by atoms with Crippen LogP contribution in [0.1, 0.15) is 15.9 Å². The summed E-state index contributed by atoms with van der Waals surface area (Å²) in [5, 5.41) is 3.68. The monoisotopic (exact) mass is 500 g/mol. The van der Waals surface area contributed by atoms with Crippen LogP contribution < -0.4 is 10.9 Å². The summed E-state index contributed by atoms with van der Waals surface area (Å²) >= 11 is 6.36. The highest BCUT2D eigenvalue weighted by atomic mass is 35.5. The molecule has 1 aromatic heterocycles. The number of rotatable bonds is 5. The minimum absolute atomic E-state index is 0.104. The fourth-order valence-electron chi connectivity index (χ4n) is 4.23. The summed E-state index contributed by atoms with van der Waals surface area (Å²) in [4.78, 5) is 27.5. The lowest BCUT2D eigenvalue weighted by Crippen LogP contribution is -2.31. The molecule has 0 unspecified atom stereocenters. The Balaban J connectivity index is 1.78. The Hall–Kier alpha value is -4.29. The minimum Gasteiger partial charge on any atom is -0.322 e. The van der Waals surface area contributed by atoms with Gasteiger partial charge in [-0.2, -0.15) is 0 Å². The van der Waals surface area contributed by atoms with E-state index in [1.54, 1.807) is 42.5 Å². The first-order valence-corrected chi connectivity index (χ1v) is 11.5. The molecule has 0 fully saturated rings. The summed E-state index contributed by atoms with van der Waals surface area (Å²) in [5.41, 5.74) is 1.88. The maximum atomic E-state index is 14.0. The van der Waals surface area contributed by atoms with E-state index in [2.05, 4.69) is 5.32 Å². The molecule has 0 aliphatic heterocycles. The predicted octanol–water partition coefficient (Wildman–Crippen LogP) is 6.90. The van der Waals surface area contributed by atoms with Gasteiger partial charge in [0.05, 0.1) is 12.1 Å². The third-order valence-corrected chi connectivity index (χ3v) is 6.09. The Morgan fingerprint density at radius 1 is 0.833 bits per heavy atom. The van der Waals surface area contributed by atoms with Gasteiger partial charge in [-0.05, 0) is 59.7 Å². The predicted molar refractivity (Wildman–Crippen MR) is 139 cm³/mol. The van der Waals surface area contributed by atoms with Crippen LogP contribution in [0.5, 0.6) is 0 Å². The molecule has 0 spiro atoms. The maximum Gasteiger partial charge on any atom is 0.264 e. The van der Waals surface area contributed by atoms with Gasteiger partial charge in [0.2, 0.25) is 0 Å². The number of nitrogens with zero attached hydrogens (tertiary/aromatic N) is 1. The molecule has 0 saturated carbocycles. The normalized spacial score (nSPS) is 11.0. The zero-order chi connectivity index (χ0) is 25.2. The molecule has 7 heteroatoms. The third-order valence-electron chi connectivity index (χ3n) is 5.85. The zero-order valence-corrected chi connectivity index (χ0v) is 19.6. The molecule has 1 heterocycles. The highest BCUT2D eigenvalue weighted by molar-refractivity contribution is 6.31. The SMILES string of the molecule is O=C(Nc1cccc(F)c1)c1c(-c2ccccc2)c2cc(Cl)ccc2n(Cc2ccc(F)cc2)c1=O. The molecule has 4 aromatic carbocycles. The van der Waals surface area contributed by atoms with Gasteiger partial charge in [-0.3, -0.25) is 9.59 Å². The van der Waals surface area contributed by atoms with Gasteiger partial charge in [0.25, 0.3) is 11.5 Å². The van der Waals surface area contributed by atoms with Crippen LogP contribution >= 0.6 is 11.6 Å². The van der Waals surface area contributed by atoms with Crippen molar-refractivity contribution in [3.05, 3.63) is 135 Å². The molecule has 0 radical (unpaired) electrons. The van der Waals surface area contributed by atoms with Crippen molar-refractivity contribution in [1.82, 2.24) is 4.57 Å². The lowest BCUT2D eigenvalue weighted by Gasteiger charge is -2.19. The van der Waals surface area contributed by atoms with Crippen molar-refractivity contribution in [2.24, 2.45) is 0 Å². The van der Waals surface area contributed by atoms with Gasteiger partial charge in [-0.25, -0.2) is 8.78 Å². The summed E-state index contributed by atoms with van der Waals surface area (Å²) in [7, 11) is 0. The minimum atomic E-state index is -0.681. The Morgan fingerprint density at radius 3 is 2.31 bits per heavy atom. The molecule has 1 amide bonds. The molecule has 0 bridgehead atoms. The zero-order valence-electron chi connectivity index (χ0n) is 18.8. The topological polar surface area (TPSA) is 51.1 Å². The van der Waals surface area contributed by atoms with Crippen molar-refractivity contribution in [3.63, 3.8) is 0 Å². The van der Waals surface area contributed by atoms with Gasteiger partial charge in [0, 0.05) is 21.7 Å². The van der Waals surface area contributed by atoms with Crippen molar-refractivity contribution in [2.45, 2.75) is 6.54 Å². The molecule has 36 heavy (non-hydrogen) atoms. The third kappa shape index (κ3) is 4.63. The van der Waals surface area contributed by atoms with Crippen LogP contribution in [0.25, 0.3) is 22.0 Å². The Labute approximate surface area is 210 Å². The first-order valence-electron chi connectivity index (χ1n) is 11.1. The highest BCUT2D eigenvalue weighted by Crippen LogP contribution is 2.33. The van der Waals surface area contributed by atoms with E-state index in [1.165, 1.54) is 41.0 Å². The summed E-state index contributed by atoms with van der Waals surface area (Å²) in [6.07, 6.45) is 0. The maximum absolute atomic E-state index is 14.0. The molecule has 1 N–H and O–H groups in total. The van der Waals surface area contributed by atoms with E-state index in [-0.39, 0.29) is 17.8 Å². The van der Waals surface area contributed by atoms with Crippen molar-refractivity contribution < 1.29 is 13.6 Å². The molecule has 0 aliphatic rings. The second-order valence-corrected chi connectivity index (χ2v) is 8.70. The standard InChI is InChI=1S/C29H19ClF2N2O2/c30-20-11-14-25-24(15-20)26(19-5-2-1-3-6-19)27(28(35)33-23-8-4-7-22(32)16-23)29(36)34(25)17-18-9-12-21(31)13-10-18/h1-16H,17H2,(H,33,35). The number of anilines is 1. The van der Waals surface area contributed by atoms with Crippen molar-refractivity contribution >= 4 is 34.1 Å². The number of aromatic nitrogens is 1. The number of pyridine rings is 1. The van der Waals surface area contributed by atoms with E-state index in [0.29, 0.717) is 32.6 Å². The summed E-state index contributed by atoms with van der Waals surface area (Å²) < 4.78 is 28.7. The van der Waals surface area contributed by atoms with E-state index >= 15 is 0 Å². The molecule has 5 aromatic rings. The van der Waals surface area contributed by atoms with Crippen LogP contribution in [0, 0.1) is 11.6 Å². The number of nitrogens with one attached hydrogen (secondary N) is 1. The number of benzene rings is 4. The molecule has 0 saturated heterocycles. The first kappa shape index (κ1) is 23.5. The second kappa shape index (κ2) is 9.76. The summed E-state index contributed by atoms with van der Waals surface area (Å²) in [6.45, 7) is 0.104. The van der Waals surface area contributed by atoms with Crippen molar-refractivity contribution in [3.8, 4) is 11.1 Å². The van der Waals surface area contributed by atoms with Crippen LogP contribution in [0.3, 0.4) is 0 Å². The lowest BCUT2D eigenvalue weighted by atomic mass is 9.95. The molecular weight excluding hydrogens is 482 g/mol. The molecule has 4 nitrogen and oxygen atoms in total. The highest BCUT2D eigenvalue weighted by Gasteiger charge is 2.24. The van der Waals surface area contributed by atoms with Gasteiger partial charge in [-0.15, -0.1) is 0 Å². The number of hydrogen-bond donors (Lipinski definition) is 1.